The minimum atomic E-state index is -0.474. The van der Waals surface area contributed by atoms with Gasteiger partial charge in [0.05, 0.1) is 11.7 Å². The first-order valence-electron chi connectivity index (χ1n) is 9.46. The Morgan fingerprint density at radius 1 is 1.10 bits per heavy atom. The van der Waals surface area contributed by atoms with Crippen LogP contribution in [0.15, 0.2) is 48.8 Å². The molecule has 5 rings (SSSR count). The van der Waals surface area contributed by atoms with E-state index in [1.807, 2.05) is 18.2 Å². The number of carbonyl (C=O) groups is 2. The van der Waals surface area contributed by atoms with E-state index in [9.17, 15) is 9.59 Å². The molecule has 3 aromatic rings. The Balaban J connectivity index is 1.55. The summed E-state index contributed by atoms with van der Waals surface area (Å²) < 4.78 is 0. The number of pyridine rings is 2. The fraction of sp³-hybridized carbons (Fsp3) is 0.182. The zero-order valence-corrected chi connectivity index (χ0v) is 16.2. The van der Waals surface area contributed by atoms with Crippen LogP contribution < -0.4 is 10.6 Å². The van der Waals surface area contributed by atoms with E-state index in [1.165, 1.54) is 6.20 Å². The normalized spacial score (nSPS) is 16.9. The van der Waals surface area contributed by atoms with Crippen LogP contribution in [0.4, 0.5) is 5.69 Å². The number of aromatic nitrogens is 2. The largest absolute Gasteiger partial charge is 0.340 e. The second kappa shape index (κ2) is 6.97. The van der Waals surface area contributed by atoms with E-state index in [4.69, 9.17) is 11.6 Å². The Morgan fingerprint density at radius 3 is 2.79 bits per heavy atom. The van der Waals surface area contributed by atoms with Gasteiger partial charge in [0, 0.05) is 34.2 Å². The smallest absolute Gasteiger partial charge is 0.271 e. The summed E-state index contributed by atoms with van der Waals surface area (Å²) in [6, 6.07) is 10.3. The summed E-state index contributed by atoms with van der Waals surface area (Å²) in [6.07, 6.45) is 5.95. The fourth-order valence-corrected chi connectivity index (χ4v) is 4.38. The molecule has 1 aliphatic carbocycles. The molecular formula is C22H17ClN4O2. The highest BCUT2D eigenvalue weighted by Gasteiger charge is 2.35. The Labute approximate surface area is 172 Å². The lowest BCUT2D eigenvalue weighted by Crippen LogP contribution is -2.21. The van der Waals surface area contributed by atoms with E-state index in [2.05, 4.69) is 20.6 Å². The fourth-order valence-electron chi connectivity index (χ4n) is 4.13. The Kier molecular flexibility index (Phi) is 4.28. The number of nitrogens with zero attached hydrogens (tertiary/aromatic N) is 2. The topological polar surface area (TPSA) is 84.0 Å². The van der Waals surface area contributed by atoms with E-state index in [1.54, 1.807) is 24.4 Å². The van der Waals surface area contributed by atoms with Crippen LogP contribution in [0.2, 0.25) is 5.02 Å². The molecule has 1 aromatic carbocycles. The zero-order valence-electron chi connectivity index (χ0n) is 15.4. The van der Waals surface area contributed by atoms with Crippen molar-refractivity contribution in [2.45, 2.75) is 25.3 Å². The summed E-state index contributed by atoms with van der Waals surface area (Å²) in [5, 5.41) is 6.45. The molecule has 144 valence electrons. The zero-order chi connectivity index (χ0) is 20.0. The molecule has 7 heteroatoms. The maximum absolute atomic E-state index is 13.1. The lowest BCUT2D eigenvalue weighted by molar-refractivity contribution is 0.0955. The maximum Gasteiger partial charge on any atom is 0.271 e. The van der Waals surface area contributed by atoms with Gasteiger partial charge >= 0.3 is 0 Å². The van der Waals surface area contributed by atoms with E-state index in [0.29, 0.717) is 27.5 Å². The molecule has 29 heavy (non-hydrogen) atoms. The van der Waals surface area contributed by atoms with Gasteiger partial charge in [0.1, 0.15) is 5.69 Å². The molecule has 0 bridgehead atoms. The number of anilines is 1. The summed E-state index contributed by atoms with van der Waals surface area (Å²) in [6.45, 7) is 0. The van der Waals surface area contributed by atoms with Crippen LogP contribution in [0.3, 0.4) is 0 Å². The Hall–Kier alpha value is -3.25. The van der Waals surface area contributed by atoms with Crippen molar-refractivity contribution in [1.29, 1.82) is 0 Å². The van der Waals surface area contributed by atoms with Crippen molar-refractivity contribution in [1.82, 2.24) is 15.3 Å². The van der Waals surface area contributed by atoms with E-state index < -0.39 is 6.04 Å². The molecule has 3 heterocycles. The van der Waals surface area contributed by atoms with Gasteiger partial charge in [0.15, 0.2) is 0 Å². The molecule has 0 saturated carbocycles. The SMILES string of the molecule is O=C(Nc1ccnc2c1C(c1ccccc1Cl)NC2=O)c1ccnc2c1CCC2. The van der Waals surface area contributed by atoms with Crippen molar-refractivity contribution in [2.75, 3.05) is 5.32 Å². The average molecular weight is 405 g/mol. The van der Waals surface area contributed by atoms with Gasteiger partial charge in [-0.05, 0) is 48.6 Å². The molecule has 1 aliphatic heterocycles. The third kappa shape index (κ3) is 2.96. The highest BCUT2D eigenvalue weighted by Crippen LogP contribution is 2.38. The first-order valence-corrected chi connectivity index (χ1v) is 9.83. The van der Waals surface area contributed by atoms with Gasteiger partial charge in [0.25, 0.3) is 11.8 Å². The molecule has 2 amide bonds. The minimum Gasteiger partial charge on any atom is -0.340 e. The van der Waals surface area contributed by atoms with Crippen LogP contribution in [-0.2, 0) is 12.8 Å². The lowest BCUT2D eigenvalue weighted by Gasteiger charge is -2.17. The summed E-state index contributed by atoms with van der Waals surface area (Å²) in [5.74, 6) is -0.498. The van der Waals surface area contributed by atoms with Gasteiger partial charge in [-0.15, -0.1) is 0 Å². The molecule has 2 aliphatic rings. The average Bonchev–Trinajstić information content (AvgIpc) is 3.33. The van der Waals surface area contributed by atoms with Gasteiger partial charge in [-0.3, -0.25) is 19.6 Å². The maximum atomic E-state index is 13.1. The number of aryl methyl sites for hydroxylation is 1. The third-order valence-corrected chi connectivity index (χ3v) is 5.81. The first kappa shape index (κ1) is 17.8. The number of hydrogen-bond donors (Lipinski definition) is 2. The molecule has 0 fully saturated rings. The second-order valence-corrected chi connectivity index (χ2v) is 7.55. The van der Waals surface area contributed by atoms with Crippen molar-refractivity contribution < 1.29 is 9.59 Å². The van der Waals surface area contributed by atoms with Gasteiger partial charge in [-0.25, -0.2) is 0 Å². The molecular weight excluding hydrogens is 388 g/mol. The molecule has 2 N–H and O–H groups in total. The highest BCUT2D eigenvalue weighted by molar-refractivity contribution is 6.31. The summed E-state index contributed by atoms with van der Waals surface area (Å²) in [7, 11) is 0. The van der Waals surface area contributed by atoms with Crippen LogP contribution in [0.25, 0.3) is 0 Å². The van der Waals surface area contributed by atoms with Crippen molar-refractivity contribution in [3.63, 3.8) is 0 Å². The van der Waals surface area contributed by atoms with Crippen LogP contribution >= 0.6 is 11.6 Å². The number of halogens is 1. The van der Waals surface area contributed by atoms with Crippen molar-refractivity contribution in [3.8, 4) is 0 Å². The number of amides is 2. The van der Waals surface area contributed by atoms with Gasteiger partial charge in [0.2, 0.25) is 0 Å². The lowest BCUT2D eigenvalue weighted by atomic mass is 9.98. The highest BCUT2D eigenvalue weighted by atomic mass is 35.5. The Morgan fingerprint density at radius 2 is 1.93 bits per heavy atom. The van der Waals surface area contributed by atoms with Crippen molar-refractivity contribution in [2.24, 2.45) is 0 Å². The second-order valence-electron chi connectivity index (χ2n) is 7.14. The van der Waals surface area contributed by atoms with Crippen LogP contribution in [0.1, 0.15) is 55.7 Å². The van der Waals surface area contributed by atoms with Gasteiger partial charge < -0.3 is 10.6 Å². The van der Waals surface area contributed by atoms with Crippen molar-refractivity contribution in [3.05, 3.63) is 87.5 Å². The summed E-state index contributed by atoms with van der Waals surface area (Å²) in [4.78, 5) is 34.2. The van der Waals surface area contributed by atoms with Gasteiger partial charge in [-0.1, -0.05) is 29.8 Å². The number of benzene rings is 1. The predicted octanol–water partition coefficient (Wildman–Crippen LogP) is 3.70. The molecule has 0 saturated heterocycles. The molecule has 1 unspecified atom stereocenters. The minimum absolute atomic E-state index is 0.212. The molecule has 0 spiro atoms. The third-order valence-electron chi connectivity index (χ3n) is 5.46. The van der Waals surface area contributed by atoms with E-state index in [0.717, 1.165) is 36.1 Å². The summed E-state index contributed by atoms with van der Waals surface area (Å²) >= 11 is 6.37. The van der Waals surface area contributed by atoms with Crippen LogP contribution in [-0.4, -0.2) is 21.8 Å². The standard InChI is InChI=1S/C22H17ClN4O2/c23-15-6-2-1-4-14(15)19-18-17(9-11-25-20(18)22(29)27-19)26-21(28)13-8-10-24-16-7-3-5-12(13)16/h1-2,4,6,8-11,19H,3,5,7H2,(H,27,29)(H,25,26,28). The van der Waals surface area contributed by atoms with E-state index in [-0.39, 0.29) is 11.8 Å². The van der Waals surface area contributed by atoms with Crippen LogP contribution in [0.5, 0.6) is 0 Å². The van der Waals surface area contributed by atoms with Crippen molar-refractivity contribution >= 4 is 29.1 Å². The molecule has 1 atom stereocenters. The Bertz CT molecular complexity index is 1160. The summed E-state index contributed by atoms with van der Waals surface area (Å²) in [5.41, 5.74) is 4.86. The number of fused-ring (bicyclic) bond motifs is 2. The molecule has 6 nitrogen and oxygen atoms in total. The van der Waals surface area contributed by atoms with E-state index >= 15 is 0 Å². The monoisotopic (exact) mass is 404 g/mol. The molecule has 0 radical (unpaired) electrons. The number of hydrogen-bond acceptors (Lipinski definition) is 4. The van der Waals surface area contributed by atoms with Crippen LogP contribution in [0, 0.1) is 0 Å². The number of carbonyl (C=O) groups excluding carboxylic acids is 2. The number of nitrogens with one attached hydrogen (secondary N) is 2. The predicted molar refractivity (Wildman–Crippen MR) is 109 cm³/mol. The van der Waals surface area contributed by atoms with Gasteiger partial charge in [-0.2, -0.15) is 0 Å². The number of rotatable bonds is 3. The quantitative estimate of drug-likeness (QED) is 0.697. The molecule has 2 aromatic heterocycles. The first-order chi connectivity index (χ1) is 14.1.